The standard InChI is InChI=1S/C28H34N2O3.2ClH/c1-21-8-10-23(11-9-21)24-7-5-6-22(18-24)19-29-14-16-30(17-15-29)20-25-12-13-26(31-2)28(33-4)27(25)32-3;;/h5-13,18H,14-17,19-20H2,1-4H3;2*1H. The summed E-state index contributed by atoms with van der Waals surface area (Å²) in [6.07, 6.45) is 0. The van der Waals surface area contributed by atoms with E-state index in [4.69, 9.17) is 14.2 Å². The Balaban J connectivity index is 0.00000216. The number of benzene rings is 3. The molecule has 3 aromatic carbocycles. The average Bonchev–Trinajstić information content (AvgIpc) is 2.85. The third-order valence-electron chi connectivity index (χ3n) is 6.36. The summed E-state index contributed by atoms with van der Waals surface area (Å²) < 4.78 is 16.6. The van der Waals surface area contributed by atoms with Gasteiger partial charge in [0.15, 0.2) is 11.5 Å². The summed E-state index contributed by atoms with van der Waals surface area (Å²) in [6.45, 7) is 8.08. The van der Waals surface area contributed by atoms with E-state index in [1.807, 2.05) is 6.07 Å². The Morgan fingerprint density at radius 2 is 1.29 bits per heavy atom. The van der Waals surface area contributed by atoms with Crippen LogP contribution in [0.5, 0.6) is 17.2 Å². The molecule has 0 N–H and O–H groups in total. The van der Waals surface area contributed by atoms with Gasteiger partial charge >= 0.3 is 0 Å². The van der Waals surface area contributed by atoms with Gasteiger partial charge in [-0.25, -0.2) is 0 Å². The second-order valence-corrected chi connectivity index (χ2v) is 8.61. The van der Waals surface area contributed by atoms with Crippen LogP contribution in [0.2, 0.25) is 0 Å². The quantitative estimate of drug-likeness (QED) is 0.373. The number of rotatable bonds is 8. The number of aryl methyl sites for hydroxylation is 1. The van der Waals surface area contributed by atoms with Crippen LogP contribution >= 0.6 is 24.8 Å². The summed E-state index contributed by atoms with van der Waals surface area (Å²) in [6, 6.07) is 21.7. The molecule has 0 amide bonds. The van der Waals surface area contributed by atoms with Gasteiger partial charge in [0.05, 0.1) is 21.3 Å². The Hall–Kier alpha value is -2.44. The second-order valence-electron chi connectivity index (χ2n) is 8.61. The molecule has 5 nitrogen and oxygen atoms in total. The maximum atomic E-state index is 5.66. The lowest BCUT2D eigenvalue weighted by Crippen LogP contribution is -2.45. The van der Waals surface area contributed by atoms with Crippen molar-refractivity contribution in [1.82, 2.24) is 9.80 Å². The highest BCUT2D eigenvalue weighted by Crippen LogP contribution is 2.40. The summed E-state index contributed by atoms with van der Waals surface area (Å²) in [7, 11) is 4.98. The van der Waals surface area contributed by atoms with Gasteiger partial charge in [0.2, 0.25) is 5.75 Å². The normalized spacial score (nSPS) is 13.9. The van der Waals surface area contributed by atoms with Crippen LogP contribution in [0.25, 0.3) is 11.1 Å². The number of piperazine rings is 1. The van der Waals surface area contributed by atoms with E-state index in [2.05, 4.69) is 71.3 Å². The van der Waals surface area contributed by atoms with E-state index in [1.165, 1.54) is 22.3 Å². The number of nitrogens with zero attached hydrogens (tertiary/aromatic N) is 2. The van der Waals surface area contributed by atoms with Gasteiger partial charge in [-0.1, -0.05) is 54.1 Å². The van der Waals surface area contributed by atoms with Gasteiger partial charge < -0.3 is 14.2 Å². The zero-order valence-corrected chi connectivity index (χ0v) is 22.6. The minimum atomic E-state index is 0. The summed E-state index contributed by atoms with van der Waals surface area (Å²) in [5.74, 6) is 2.10. The number of methoxy groups -OCH3 is 3. The lowest BCUT2D eigenvalue weighted by atomic mass is 10.0. The van der Waals surface area contributed by atoms with Crippen LogP contribution < -0.4 is 14.2 Å². The predicted molar refractivity (Wildman–Crippen MR) is 148 cm³/mol. The molecule has 0 atom stereocenters. The summed E-state index contributed by atoms with van der Waals surface area (Å²) in [4.78, 5) is 5.01. The van der Waals surface area contributed by atoms with E-state index >= 15 is 0 Å². The highest BCUT2D eigenvalue weighted by Gasteiger charge is 2.21. The number of hydrogen-bond donors (Lipinski definition) is 0. The molecule has 0 unspecified atom stereocenters. The van der Waals surface area contributed by atoms with E-state index in [0.717, 1.165) is 50.6 Å². The van der Waals surface area contributed by atoms with Crippen molar-refractivity contribution in [3.8, 4) is 28.4 Å². The van der Waals surface area contributed by atoms with Crippen LogP contribution in [0.3, 0.4) is 0 Å². The highest BCUT2D eigenvalue weighted by molar-refractivity contribution is 5.85. The molecule has 0 radical (unpaired) electrons. The van der Waals surface area contributed by atoms with Crippen molar-refractivity contribution >= 4 is 24.8 Å². The molecule has 0 spiro atoms. The zero-order chi connectivity index (χ0) is 23.2. The Labute approximate surface area is 221 Å². The first-order valence-electron chi connectivity index (χ1n) is 11.5. The fourth-order valence-electron chi connectivity index (χ4n) is 4.49. The van der Waals surface area contributed by atoms with Crippen LogP contribution in [-0.4, -0.2) is 57.3 Å². The van der Waals surface area contributed by atoms with Crippen molar-refractivity contribution in [3.05, 3.63) is 77.4 Å². The molecular weight excluding hydrogens is 483 g/mol. The van der Waals surface area contributed by atoms with Gasteiger partial charge in [0.1, 0.15) is 0 Å². The van der Waals surface area contributed by atoms with Crippen molar-refractivity contribution in [2.24, 2.45) is 0 Å². The minimum absolute atomic E-state index is 0. The molecule has 7 heteroatoms. The van der Waals surface area contributed by atoms with E-state index < -0.39 is 0 Å². The number of ether oxygens (including phenoxy) is 3. The van der Waals surface area contributed by atoms with Gasteiger partial charge in [-0.05, 0) is 35.7 Å². The van der Waals surface area contributed by atoms with E-state index in [0.29, 0.717) is 11.5 Å². The van der Waals surface area contributed by atoms with E-state index in [9.17, 15) is 0 Å². The van der Waals surface area contributed by atoms with Crippen molar-refractivity contribution in [3.63, 3.8) is 0 Å². The topological polar surface area (TPSA) is 34.2 Å². The Morgan fingerprint density at radius 1 is 0.657 bits per heavy atom. The summed E-state index contributed by atoms with van der Waals surface area (Å²) >= 11 is 0. The molecule has 0 aromatic heterocycles. The Morgan fingerprint density at radius 3 is 1.89 bits per heavy atom. The monoisotopic (exact) mass is 518 g/mol. The average molecular weight is 520 g/mol. The van der Waals surface area contributed by atoms with Gasteiger partial charge in [0.25, 0.3) is 0 Å². The van der Waals surface area contributed by atoms with E-state index in [1.54, 1.807) is 21.3 Å². The summed E-state index contributed by atoms with van der Waals surface area (Å²) in [5.41, 5.74) is 6.33. The van der Waals surface area contributed by atoms with Crippen LogP contribution in [0, 0.1) is 6.92 Å². The predicted octanol–water partition coefficient (Wildman–Crippen LogP) is 5.85. The van der Waals surface area contributed by atoms with Crippen LogP contribution in [-0.2, 0) is 13.1 Å². The van der Waals surface area contributed by atoms with E-state index in [-0.39, 0.29) is 24.8 Å². The molecule has 0 bridgehead atoms. The molecule has 3 aromatic rings. The largest absolute Gasteiger partial charge is 0.493 e. The van der Waals surface area contributed by atoms with Crippen molar-refractivity contribution in [1.29, 1.82) is 0 Å². The maximum absolute atomic E-state index is 5.66. The van der Waals surface area contributed by atoms with Gasteiger partial charge in [-0.15, -0.1) is 24.8 Å². The van der Waals surface area contributed by atoms with Crippen LogP contribution in [0.4, 0.5) is 0 Å². The molecule has 35 heavy (non-hydrogen) atoms. The molecule has 0 aliphatic carbocycles. The lowest BCUT2D eigenvalue weighted by Gasteiger charge is -2.35. The molecular formula is C28H36Cl2N2O3. The molecule has 4 rings (SSSR count). The molecule has 190 valence electrons. The highest BCUT2D eigenvalue weighted by atomic mass is 35.5. The smallest absolute Gasteiger partial charge is 0.203 e. The molecule has 0 saturated carbocycles. The Bertz CT molecular complexity index is 1070. The second kappa shape index (κ2) is 13.6. The fourth-order valence-corrected chi connectivity index (χ4v) is 4.49. The van der Waals surface area contributed by atoms with Crippen LogP contribution in [0.1, 0.15) is 16.7 Å². The van der Waals surface area contributed by atoms with Crippen molar-refractivity contribution in [2.75, 3.05) is 47.5 Å². The third kappa shape index (κ3) is 7.05. The molecule has 1 fully saturated rings. The van der Waals surface area contributed by atoms with Gasteiger partial charge in [0, 0.05) is 44.8 Å². The zero-order valence-electron chi connectivity index (χ0n) is 21.0. The maximum Gasteiger partial charge on any atom is 0.203 e. The minimum Gasteiger partial charge on any atom is -0.493 e. The molecule has 1 aliphatic heterocycles. The Kier molecular flexibility index (Phi) is 11.2. The lowest BCUT2D eigenvalue weighted by molar-refractivity contribution is 0.121. The van der Waals surface area contributed by atoms with Crippen molar-refractivity contribution in [2.45, 2.75) is 20.0 Å². The first kappa shape index (κ1) is 28.8. The molecule has 1 aliphatic rings. The molecule has 1 heterocycles. The van der Waals surface area contributed by atoms with Crippen molar-refractivity contribution < 1.29 is 14.2 Å². The third-order valence-corrected chi connectivity index (χ3v) is 6.36. The molecule has 1 saturated heterocycles. The van der Waals surface area contributed by atoms with Gasteiger partial charge in [-0.2, -0.15) is 0 Å². The van der Waals surface area contributed by atoms with Crippen LogP contribution in [0.15, 0.2) is 60.7 Å². The summed E-state index contributed by atoms with van der Waals surface area (Å²) in [5, 5.41) is 0. The fraction of sp³-hybridized carbons (Fsp3) is 0.357. The number of hydrogen-bond acceptors (Lipinski definition) is 5. The first-order valence-corrected chi connectivity index (χ1v) is 11.5. The SMILES string of the molecule is COc1ccc(CN2CCN(Cc3cccc(-c4ccc(C)cc4)c3)CC2)c(OC)c1OC.Cl.Cl. The van der Waals surface area contributed by atoms with Gasteiger partial charge in [-0.3, -0.25) is 9.80 Å². The number of halogens is 2. The first-order chi connectivity index (χ1) is 16.1.